The van der Waals surface area contributed by atoms with Crippen LogP contribution in [0.4, 0.5) is 0 Å². The second-order valence-electron chi connectivity index (χ2n) is 5.09. The lowest BCUT2D eigenvalue weighted by Gasteiger charge is -2.07. The van der Waals surface area contributed by atoms with Crippen molar-refractivity contribution in [1.29, 1.82) is 0 Å². The van der Waals surface area contributed by atoms with E-state index < -0.39 is 0 Å². The Kier molecular flexibility index (Phi) is 9.17. The largest absolute Gasteiger partial charge is 0.494 e. The molecule has 0 heterocycles. The van der Waals surface area contributed by atoms with Crippen molar-refractivity contribution in [2.45, 2.75) is 58.3 Å². The summed E-state index contributed by atoms with van der Waals surface area (Å²) in [5, 5.41) is 8.78. The van der Waals surface area contributed by atoms with Crippen LogP contribution in [0.2, 0.25) is 0 Å². The maximum Gasteiger partial charge on any atom is 0.119 e. The predicted octanol–water partition coefficient (Wildman–Crippen LogP) is 4.35. The van der Waals surface area contributed by atoms with E-state index >= 15 is 0 Å². The maximum absolute atomic E-state index is 8.78. The van der Waals surface area contributed by atoms with E-state index in [-0.39, 0.29) is 6.61 Å². The molecule has 0 aliphatic carbocycles. The van der Waals surface area contributed by atoms with E-state index in [1.165, 1.54) is 37.7 Å². The highest BCUT2D eigenvalue weighted by atomic mass is 16.5. The van der Waals surface area contributed by atoms with E-state index in [1.54, 1.807) is 0 Å². The van der Waals surface area contributed by atoms with Crippen molar-refractivity contribution in [1.82, 2.24) is 0 Å². The van der Waals surface area contributed by atoms with Crippen molar-refractivity contribution >= 4 is 0 Å². The Labute approximate surface area is 117 Å². The topological polar surface area (TPSA) is 29.5 Å². The van der Waals surface area contributed by atoms with E-state index in [2.05, 4.69) is 19.1 Å². The molecule has 1 aromatic rings. The van der Waals surface area contributed by atoms with Gasteiger partial charge in [0.05, 0.1) is 6.61 Å². The third-order valence-corrected chi connectivity index (χ3v) is 3.31. The summed E-state index contributed by atoms with van der Waals surface area (Å²) in [5.41, 5.74) is 1.26. The molecule has 0 amide bonds. The van der Waals surface area contributed by atoms with Gasteiger partial charge in [-0.25, -0.2) is 0 Å². The molecule has 0 unspecified atom stereocenters. The Balaban J connectivity index is 2.09. The molecule has 0 saturated heterocycles. The molecule has 1 N–H and O–H groups in total. The monoisotopic (exact) mass is 264 g/mol. The van der Waals surface area contributed by atoms with Crippen molar-refractivity contribution < 1.29 is 9.84 Å². The fourth-order valence-corrected chi connectivity index (χ4v) is 2.11. The number of unbranched alkanes of at least 4 members (excludes halogenated alkanes) is 5. The molecule has 19 heavy (non-hydrogen) atoms. The lowest BCUT2D eigenvalue weighted by Crippen LogP contribution is -1.97. The minimum atomic E-state index is 0.260. The van der Waals surface area contributed by atoms with E-state index in [0.717, 1.165) is 31.6 Å². The van der Waals surface area contributed by atoms with E-state index in [0.29, 0.717) is 0 Å². The summed E-state index contributed by atoms with van der Waals surface area (Å²) in [7, 11) is 0. The summed E-state index contributed by atoms with van der Waals surface area (Å²) >= 11 is 0. The van der Waals surface area contributed by atoms with Crippen LogP contribution in [0.15, 0.2) is 24.3 Å². The van der Waals surface area contributed by atoms with Crippen molar-refractivity contribution in [3.63, 3.8) is 0 Å². The highest BCUT2D eigenvalue weighted by molar-refractivity contribution is 5.27. The van der Waals surface area contributed by atoms with Crippen LogP contribution in [-0.4, -0.2) is 18.3 Å². The van der Waals surface area contributed by atoms with E-state index in [4.69, 9.17) is 9.84 Å². The van der Waals surface area contributed by atoms with Crippen LogP contribution in [0, 0.1) is 0 Å². The Hall–Kier alpha value is -1.02. The van der Waals surface area contributed by atoms with Crippen LogP contribution < -0.4 is 4.74 Å². The van der Waals surface area contributed by atoms with E-state index in [1.807, 2.05) is 12.1 Å². The van der Waals surface area contributed by atoms with Crippen molar-refractivity contribution in [2.75, 3.05) is 13.2 Å². The number of rotatable bonds is 11. The molecule has 0 radical (unpaired) electrons. The zero-order chi connectivity index (χ0) is 13.8. The number of aliphatic hydroxyl groups excluding tert-OH is 1. The normalized spacial score (nSPS) is 10.6. The van der Waals surface area contributed by atoms with Gasteiger partial charge < -0.3 is 9.84 Å². The van der Waals surface area contributed by atoms with Crippen molar-refractivity contribution in [3.05, 3.63) is 29.8 Å². The van der Waals surface area contributed by atoms with Gasteiger partial charge in [0, 0.05) is 6.61 Å². The maximum atomic E-state index is 8.78. The molecule has 0 saturated carbocycles. The average Bonchev–Trinajstić information content (AvgIpc) is 2.45. The summed E-state index contributed by atoms with van der Waals surface area (Å²) in [6.07, 6.45) is 9.54. The number of aryl methyl sites for hydroxylation is 1. The molecule has 0 aliphatic rings. The molecular formula is C17H28O2. The summed E-state index contributed by atoms with van der Waals surface area (Å²) in [6.45, 7) is 3.33. The highest BCUT2D eigenvalue weighted by Crippen LogP contribution is 2.14. The quantitative estimate of drug-likeness (QED) is 0.602. The zero-order valence-electron chi connectivity index (χ0n) is 12.2. The molecule has 2 heteroatoms. The molecule has 1 aromatic carbocycles. The lowest BCUT2D eigenvalue weighted by molar-refractivity contribution is 0.288. The van der Waals surface area contributed by atoms with Gasteiger partial charge in [0.25, 0.3) is 0 Å². The predicted molar refractivity (Wildman–Crippen MR) is 80.7 cm³/mol. The first-order valence-corrected chi connectivity index (χ1v) is 7.69. The Bertz CT molecular complexity index is 306. The summed E-state index contributed by atoms with van der Waals surface area (Å²) < 4.78 is 5.72. The Morgan fingerprint density at radius 2 is 1.58 bits per heavy atom. The lowest BCUT2D eigenvalue weighted by atomic mass is 10.1. The van der Waals surface area contributed by atoms with Gasteiger partial charge in [0.2, 0.25) is 0 Å². The number of hydrogen-bond acceptors (Lipinski definition) is 2. The van der Waals surface area contributed by atoms with Gasteiger partial charge in [0.1, 0.15) is 5.75 Å². The third kappa shape index (κ3) is 7.89. The molecule has 108 valence electrons. The van der Waals surface area contributed by atoms with Gasteiger partial charge in [0.15, 0.2) is 0 Å². The summed E-state index contributed by atoms with van der Waals surface area (Å²) in [6, 6.07) is 8.24. The molecular weight excluding hydrogens is 236 g/mol. The molecule has 0 aliphatic heterocycles. The first kappa shape index (κ1) is 16.0. The van der Waals surface area contributed by atoms with E-state index in [9.17, 15) is 0 Å². The molecule has 0 bridgehead atoms. The van der Waals surface area contributed by atoms with Crippen LogP contribution in [0.5, 0.6) is 5.75 Å². The summed E-state index contributed by atoms with van der Waals surface area (Å²) in [4.78, 5) is 0. The van der Waals surface area contributed by atoms with Crippen LogP contribution >= 0.6 is 0 Å². The zero-order valence-corrected chi connectivity index (χ0v) is 12.2. The van der Waals surface area contributed by atoms with Gasteiger partial charge >= 0.3 is 0 Å². The second kappa shape index (κ2) is 10.9. The summed E-state index contributed by atoms with van der Waals surface area (Å²) in [5.74, 6) is 0.960. The minimum Gasteiger partial charge on any atom is -0.494 e. The standard InChI is InChI=1S/C17H28O2/c1-2-3-4-5-6-7-15-19-17-12-10-16(11-13-17)9-8-14-18/h10-13,18H,2-9,14-15H2,1H3. The fraction of sp³-hybridized carbons (Fsp3) is 0.647. The molecule has 0 spiro atoms. The van der Waals surface area contributed by atoms with Gasteiger partial charge in [-0.2, -0.15) is 0 Å². The van der Waals surface area contributed by atoms with Crippen LogP contribution in [0.1, 0.15) is 57.4 Å². The number of ether oxygens (including phenoxy) is 1. The fourth-order valence-electron chi connectivity index (χ4n) is 2.11. The molecule has 0 fully saturated rings. The highest BCUT2D eigenvalue weighted by Gasteiger charge is 1.96. The molecule has 1 rings (SSSR count). The first-order valence-electron chi connectivity index (χ1n) is 7.69. The van der Waals surface area contributed by atoms with Crippen LogP contribution in [0.3, 0.4) is 0 Å². The van der Waals surface area contributed by atoms with Gasteiger partial charge in [-0.1, -0.05) is 51.2 Å². The Morgan fingerprint density at radius 3 is 2.26 bits per heavy atom. The smallest absolute Gasteiger partial charge is 0.119 e. The minimum absolute atomic E-state index is 0.260. The molecule has 0 atom stereocenters. The number of aliphatic hydroxyl groups is 1. The van der Waals surface area contributed by atoms with Gasteiger partial charge in [-0.05, 0) is 37.0 Å². The van der Waals surface area contributed by atoms with Crippen LogP contribution in [0.25, 0.3) is 0 Å². The third-order valence-electron chi connectivity index (χ3n) is 3.31. The average molecular weight is 264 g/mol. The SMILES string of the molecule is CCCCCCCCOc1ccc(CCCO)cc1. The van der Waals surface area contributed by atoms with Crippen molar-refractivity contribution in [2.24, 2.45) is 0 Å². The van der Waals surface area contributed by atoms with Gasteiger partial charge in [-0.15, -0.1) is 0 Å². The van der Waals surface area contributed by atoms with Crippen LogP contribution in [-0.2, 0) is 6.42 Å². The molecule has 0 aromatic heterocycles. The second-order valence-corrected chi connectivity index (χ2v) is 5.09. The molecule has 2 nitrogen and oxygen atoms in total. The first-order chi connectivity index (χ1) is 9.36. The van der Waals surface area contributed by atoms with Gasteiger partial charge in [-0.3, -0.25) is 0 Å². The van der Waals surface area contributed by atoms with Crippen molar-refractivity contribution in [3.8, 4) is 5.75 Å². The number of benzene rings is 1. The Morgan fingerprint density at radius 1 is 0.895 bits per heavy atom. The number of hydrogen-bond donors (Lipinski definition) is 1.